The molecule has 0 spiro atoms. The maximum Gasteiger partial charge on any atom is 0.274 e. The van der Waals surface area contributed by atoms with Gasteiger partial charge in [0.25, 0.3) is 11.5 Å². The average molecular weight is 335 g/mol. The molecule has 25 heavy (non-hydrogen) atoms. The van der Waals surface area contributed by atoms with Crippen molar-refractivity contribution in [3.63, 3.8) is 0 Å². The summed E-state index contributed by atoms with van der Waals surface area (Å²) in [5, 5.41) is 0.861. The van der Waals surface area contributed by atoms with Crippen molar-refractivity contribution in [2.75, 3.05) is 0 Å². The van der Waals surface area contributed by atoms with Crippen LogP contribution in [0.2, 0.25) is 0 Å². The molecule has 2 heterocycles. The van der Waals surface area contributed by atoms with Crippen LogP contribution in [0, 0.1) is 0 Å². The predicted molar refractivity (Wildman–Crippen MR) is 97.8 cm³/mol. The Morgan fingerprint density at radius 3 is 2.56 bits per heavy atom. The van der Waals surface area contributed by atoms with Gasteiger partial charge in [-0.05, 0) is 42.9 Å². The normalized spacial score (nSPS) is 14.1. The van der Waals surface area contributed by atoms with Crippen LogP contribution in [-0.2, 0) is 19.9 Å². The fourth-order valence-electron chi connectivity index (χ4n) is 3.54. The summed E-state index contributed by atoms with van der Waals surface area (Å²) in [6, 6.07) is 12.3. The van der Waals surface area contributed by atoms with E-state index < -0.39 is 5.91 Å². The molecule has 3 aromatic rings. The zero-order valence-electron chi connectivity index (χ0n) is 14.2. The van der Waals surface area contributed by atoms with Crippen molar-refractivity contribution >= 4 is 16.8 Å². The minimum Gasteiger partial charge on any atom is -0.364 e. The first-order valence-corrected chi connectivity index (χ1v) is 8.63. The van der Waals surface area contributed by atoms with E-state index in [1.807, 2.05) is 29.0 Å². The van der Waals surface area contributed by atoms with Crippen LogP contribution in [0.25, 0.3) is 10.9 Å². The number of aryl methyl sites for hydroxylation is 3. The molecule has 2 N–H and O–H groups in total. The maximum atomic E-state index is 12.7. The quantitative estimate of drug-likeness (QED) is 0.778. The number of nitrogens with two attached hydrogens (primary N) is 1. The molecule has 1 amide bonds. The summed E-state index contributed by atoms with van der Waals surface area (Å²) in [6.07, 6.45) is 5.55. The molecular formula is C20H21N3O2. The lowest BCUT2D eigenvalue weighted by Gasteiger charge is -2.10. The second-order valence-electron chi connectivity index (χ2n) is 6.81. The standard InChI is InChI=1S/C20H21N3O2/c1-22-12-14(8-7-13-5-3-2-4-6-13)16-11-17(19(21)24)23(15-9-10-15)18(16)20(22)25/h2-6,11-12,15H,7-10H2,1H3,(H2,21,24). The van der Waals surface area contributed by atoms with Gasteiger partial charge in [-0.3, -0.25) is 9.59 Å². The van der Waals surface area contributed by atoms with E-state index in [4.69, 9.17) is 5.73 Å². The molecule has 0 aliphatic heterocycles. The van der Waals surface area contributed by atoms with Crippen LogP contribution in [0.4, 0.5) is 0 Å². The van der Waals surface area contributed by atoms with Crippen molar-refractivity contribution in [1.29, 1.82) is 0 Å². The first-order chi connectivity index (χ1) is 12.1. The number of hydrogen-bond acceptors (Lipinski definition) is 2. The van der Waals surface area contributed by atoms with E-state index in [-0.39, 0.29) is 11.6 Å². The van der Waals surface area contributed by atoms with Gasteiger partial charge in [0.1, 0.15) is 11.2 Å². The molecule has 4 rings (SSSR count). The monoisotopic (exact) mass is 335 g/mol. The van der Waals surface area contributed by atoms with Gasteiger partial charge < -0.3 is 14.9 Å². The topological polar surface area (TPSA) is 70.0 Å². The highest BCUT2D eigenvalue weighted by atomic mass is 16.1. The molecule has 0 radical (unpaired) electrons. The van der Waals surface area contributed by atoms with Gasteiger partial charge in [0.2, 0.25) is 0 Å². The Morgan fingerprint density at radius 2 is 1.92 bits per heavy atom. The Hall–Kier alpha value is -2.82. The zero-order chi connectivity index (χ0) is 17.6. The van der Waals surface area contributed by atoms with E-state index in [1.165, 1.54) is 5.56 Å². The first-order valence-electron chi connectivity index (χ1n) is 8.63. The van der Waals surface area contributed by atoms with Crippen LogP contribution in [0.1, 0.15) is 40.5 Å². The van der Waals surface area contributed by atoms with Crippen LogP contribution in [0.5, 0.6) is 0 Å². The Bertz CT molecular complexity index is 1010. The molecule has 1 saturated carbocycles. The van der Waals surface area contributed by atoms with Crippen molar-refractivity contribution in [2.24, 2.45) is 12.8 Å². The third-order valence-electron chi connectivity index (χ3n) is 4.95. The summed E-state index contributed by atoms with van der Waals surface area (Å²) >= 11 is 0. The van der Waals surface area contributed by atoms with Crippen LogP contribution in [0.3, 0.4) is 0 Å². The highest BCUT2D eigenvalue weighted by molar-refractivity contribution is 5.98. The Morgan fingerprint density at radius 1 is 1.20 bits per heavy atom. The first kappa shape index (κ1) is 15.7. The van der Waals surface area contributed by atoms with Crippen molar-refractivity contribution in [1.82, 2.24) is 9.13 Å². The smallest absolute Gasteiger partial charge is 0.274 e. The molecule has 5 nitrogen and oxygen atoms in total. The lowest BCUT2D eigenvalue weighted by atomic mass is 10.0. The average Bonchev–Trinajstić information content (AvgIpc) is 3.36. The fraction of sp³-hybridized carbons (Fsp3) is 0.300. The molecule has 1 aliphatic rings. The molecule has 0 saturated heterocycles. The zero-order valence-corrected chi connectivity index (χ0v) is 14.2. The van der Waals surface area contributed by atoms with E-state index in [0.717, 1.165) is 36.6 Å². The van der Waals surface area contributed by atoms with Gasteiger partial charge in [0, 0.05) is 24.7 Å². The molecular weight excluding hydrogens is 314 g/mol. The number of amides is 1. The number of carbonyl (C=O) groups excluding carboxylic acids is 1. The minimum atomic E-state index is -0.473. The molecule has 1 aromatic carbocycles. The summed E-state index contributed by atoms with van der Waals surface area (Å²) < 4.78 is 3.48. The van der Waals surface area contributed by atoms with Gasteiger partial charge in [-0.2, -0.15) is 0 Å². The lowest BCUT2D eigenvalue weighted by molar-refractivity contribution is 0.0991. The summed E-state index contributed by atoms with van der Waals surface area (Å²) in [6.45, 7) is 0. The van der Waals surface area contributed by atoms with Gasteiger partial charge in [-0.1, -0.05) is 30.3 Å². The number of aromatic nitrogens is 2. The van der Waals surface area contributed by atoms with Crippen molar-refractivity contribution in [2.45, 2.75) is 31.7 Å². The molecule has 0 unspecified atom stereocenters. The van der Waals surface area contributed by atoms with Crippen LogP contribution in [-0.4, -0.2) is 15.0 Å². The molecule has 0 atom stereocenters. The number of nitrogens with zero attached hydrogens (tertiary/aromatic N) is 2. The number of benzene rings is 1. The maximum absolute atomic E-state index is 12.7. The molecule has 5 heteroatoms. The highest BCUT2D eigenvalue weighted by Gasteiger charge is 2.30. The van der Waals surface area contributed by atoms with Crippen LogP contribution >= 0.6 is 0 Å². The second kappa shape index (κ2) is 5.92. The van der Waals surface area contributed by atoms with Crippen molar-refractivity contribution < 1.29 is 4.79 Å². The largest absolute Gasteiger partial charge is 0.364 e. The number of fused-ring (bicyclic) bond motifs is 1. The van der Waals surface area contributed by atoms with E-state index in [9.17, 15) is 9.59 Å². The highest BCUT2D eigenvalue weighted by Crippen LogP contribution is 2.39. The van der Waals surface area contributed by atoms with E-state index in [2.05, 4.69) is 12.1 Å². The van der Waals surface area contributed by atoms with Crippen molar-refractivity contribution in [3.8, 4) is 0 Å². The van der Waals surface area contributed by atoms with Gasteiger partial charge in [-0.15, -0.1) is 0 Å². The molecule has 2 aromatic heterocycles. The molecule has 128 valence electrons. The Kier molecular flexibility index (Phi) is 3.71. The summed E-state index contributed by atoms with van der Waals surface area (Å²) in [7, 11) is 1.77. The lowest BCUT2D eigenvalue weighted by Crippen LogP contribution is -2.22. The van der Waals surface area contributed by atoms with E-state index in [0.29, 0.717) is 11.2 Å². The molecule has 1 fully saturated rings. The van der Waals surface area contributed by atoms with E-state index in [1.54, 1.807) is 17.7 Å². The fourth-order valence-corrected chi connectivity index (χ4v) is 3.54. The SMILES string of the molecule is Cn1cc(CCc2ccccc2)c2cc(C(N)=O)n(C3CC3)c2c1=O. The minimum absolute atomic E-state index is 0.0714. The molecule has 1 aliphatic carbocycles. The van der Waals surface area contributed by atoms with Gasteiger partial charge in [-0.25, -0.2) is 0 Å². The van der Waals surface area contributed by atoms with Gasteiger partial charge in [0.15, 0.2) is 0 Å². The van der Waals surface area contributed by atoms with Gasteiger partial charge >= 0.3 is 0 Å². The number of primary amides is 1. The third kappa shape index (κ3) is 2.76. The van der Waals surface area contributed by atoms with E-state index >= 15 is 0 Å². The summed E-state index contributed by atoms with van der Waals surface area (Å²) in [5.74, 6) is -0.473. The summed E-state index contributed by atoms with van der Waals surface area (Å²) in [5.41, 5.74) is 8.89. The number of carbonyl (C=O) groups is 1. The number of hydrogen-bond donors (Lipinski definition) is 1. The number of rotatable bonds is 5. The van der Waals surface area contributed by atoms with Crippen LogP contribution in [0.15, 0.2) is 47.4 Å². The Labute approximate surface area is 145 Å². The third-order valence-corrected chi connectivity index (χ3v) is 4.95. The second-order valence-corrected chi connectivity index (χ2v) is 6.81. The van der Waals surface area contributed by atoms with Gasteiger partial charge in [0.05, 0.1) is 0 Å². The summed E-state index contributed by atoms with van der Waals surface area (Å²) in [4.78, 5) is 24.6. The molecule has 0 bridgehead atoms. The Balaban J connectivity index is 1.85. The van der Waals surface area contributed by atoms with Crippen LogP contribution < -0.4 is 11.3 Å². The number of pyridine rings is 1. The van der Waals surface area contributed by atoms with Crippen molar-refractivity contribution in [3.05, 3.63) is 69.8 Å². The predicted octanol–water partition coefficient (Wildman–Crippen LogP) is 2.56.